The molecule has 3 aromatic carbocycles. The Morgan fingerprint density at radius 1 is 0.757 bits per heavy atom. The standard InChI is InChI=1S/C49H63N9O12S4/c1-29(59)53-39(24-31-15-17-33(18-16-31)70-74(67,68)69)45(63)55-36(19-21-71-4)44(62)52-27-41(60)54-40(25-32-26-51-35-14-10-9-13-34(32)35)46(64)56-37(20-22-72-5)48(66)58-28-73-49(2,3)42(58)47(65)57-38(43(50)61)23-30-11-7-6-8-12-30/h6-18,26,36-40,42,51H,19-25,27-28H2,1-5H3,(H2,50,61)(H,52,62)(H,53,59)(H,54,60)(H,55,63)(H,56,64)(H,57,65)(H,67,68,69)/t36-,37-,38-,39-,40-,42-/m0/s1. The largest absolute Gasteiger partial charge is 0.446 e. The van der Waals surface area contributed by atoms with Gasteiger partial charge in [-0.25, -0.2) is 0 Å². The van der Waals surface area contributed by atoms with Gasteiger partial charge in [-0.15, -0.1) is 11.8 Å². The first-order valence-corrected chi connectivity index (χ1v) is 28.5. The molecule has 1 aromatic heterocycles. The Bertz CT molecular complexity index is 2750. The van der Waals surface area contributed by atoms with E-state index in [0.29, 0.717) is 22.6 Å². The minimum absolute atomic E-state index is 0.0419. The number of benzene rings is 3. The number of fused-ring (bicyclic) bond motifs is 1. The molecule has 4 aromatic rings. The van der Waals surface area contributed by atoms with Gasteiger partial charge in [0.15, 0.2) is 0 Å². The third-order valence-electron chi connectivity index (χ3n) is 11.9. The maximum Gasteiger partial charge on any atom is 0.446 e. The zero-order valence-electron chi connectivity index (χ0n) is 41.5. The van der Waals surface area contributed by atoms with Gasteiger partial charge in [-0.05, 0) is 85.6 Å². The summed E-state index contributed by atoms with van der Waals surface area (Å²) in [5.41, 5.74) is 8.43. The summed E-state index contributed by atoms with van der Waals surface area (Å²) in [6.07, 6.45) is 5.64. The highest BCUT2D eigenvalue weighted by atomic mass is 32.3. The van der Waals surface area contributed by atoms with Crippen molar-refractivity contribution in [3.8, 4) is 5.75 Å². The fourth-order valence-corrected chi connectivity index (χ4v) is 10.7. The molecule has 0 unspecified atom stereocenters. The number of H-pyrrole nitrogens is 1. The van der Waals surface area contributed by atoms with Gasteiger partial charge in [0, 0.05) is 48.0 Å². The van der Waals surface area contributed by atoms with Crippen LogP contribution >= 0.6 is 35.3 Å². The van der Waals surface area contributed by atoms with Gasteiger partial charge >= 0.3 is 10.4 Å². The molecule has 400 valence electrons. The third-order valence-corrected chi connectivity index (χ3v) is 15.0. The van der Waals surface area contributed by atoms with Gasteiger partial charge in [0.1, 0.15) is 42.0 Å². The number of carbonyl (C=O) groups is 8. The van der Waals surface area contributed by atoms with E-state index in [4.69, 9.17) is 10.3 Å². The lowest BCUT2D eigenvalue weighted by Gasteiger charge is -2.34. The van der Waals surface area contributed by atoms with Crippen molar-refractivity contribution in [1.82, 2.24) is 41.8 Å². The van der Waals surface area contributed by atoms with Crippen LogP contribution in [0.25, 0.3) is 10.9 Å². The van der Waals surface area contributed by atoms with Gasteiger partial charge in [-0.3, -0.25) is 42.9 Å². The number of para-hydroxylation sites is 1. The van der Waals surface area contributed by atoms with Crippen molar-refractivity contribution in [3.05, 3.63) is 102 Å². The Labute approximate surface area is 442 Å². The molecule has 74 heavy (non-hydrogen) atoms. The predicted octanol–water partition coefficient (Wildman–Crippen LogP) is 1.61. The third kappa shape index (κ3) is 17.4. The van der Waals surface area contributed by atoms with E-state index < -0.39 is 105 Å². The van der Waals surface area contributed by atoms with E-state index in [1.807, 2.05) is 50.4 Å². The zero-order chi connectivity index (χ0) is 54.2. The van der Waals surface area contributed by atoms with E-state index in [-0.39, 0.29) is 43.7 Å². The fourth-order valence-electron chi connectivity index (χ4n) is 8.24. The van der Waals surface area contributed by atoms with Crippen LogP contribution < -0.4 is 41.8 Å². The van der Waals surface area contributed by atoms with E-state index in [1.165, 1.54) is 71.4 Å². The molecule has 1 saturated heterocycles. The number of aromatic amines is 1. The van der Waals surface area contributed by atoms with Crippen LogP contribution in [0.2, 0.25) is 0 Å². The maximum absolute atomic E-state index is 14.7. The van der Waals surface area contributed by atoms with Crippen LogP contribution in [0, 0.1) is 0 Å². The lowest BCUT2D eigenvalue weighted by Crippen LogP contribution is -2.61. The summed E-state index contributed by atoms with van der Waals surface area (Å²) in [5.74, 6) is -4.63. The first-order valence-electron chi connectivity index (χ1n) is 23.4. The minimum atomic E-state index is -4.78. The molecule has 1 aliphatic heterocycles. The first kappa shape index (κ1) is 58.6. The number of nitrogens with two attached hydrogens (primary N) is 1. The normalized spacial score (nSPS) is 16.1. The molecule has 2 heterocycles. The number of primary amides is 1. The second-order valence-corrected chi connectivity index (χ2v) is 22.5. The number of amides is 8. The number of aromatic nitrogens is 1. The van der Waals surface area contributed by atoms with E-state index in [1.54, 1.807) is 36.7 Å². The Morgan fingerprint density at radius 3 is 1.96 bits per heavy atom. The molecule has 8 amide bonds. The lowest BCUT2D eigenvalue weighted by atomic mass is 9.98. The second-order valence-electron chi connectivity index (χ2n) is 17.9. The molecule has 0 bridgehead atoms. The van der Waals surface area contributed by atoms with Crippen molar-refractivity contribution < 1.29 is 55.5 Å². The Kier molecular flexibility index (Phi) is 21.6. The summed E-state index contributed by atoms with van der Waals surface area (Å²) in [6, 6.07) is 14.8. The number of rotatable bonds is 27. The molecular formula is C49H63N9O12S4. The number of hydrogen-bond acceptors (Lipinski definition) is 14. The highest BCUT2D eigenvalue weighted by Gasteiger charge is 2.50. The number of hydrogen-bond donors (Lipinski definition) is 9. The summed E-state index contributed by atoms with van der Waals surface area (Å²) in [6.45, 7) is 4.20. The predicted molar refractivity (Wildman–Crippen MR) is 285 cm³/mol. The molecule has 0 spiro atoms. The molecule has 21 nitrogen and oxygen atoms in total. The molecule has 6 atom stereocenters. The van der Waals surface area contributed by atoms with Gasteiger partial charge in [0.2, 0.25) is 47.3 Å². The van der Waals surface area contributed by atoms with Gasteiger partial charge < -0.3 is 51.7 Å². The van der Waals surface area contributed by atoms with Crippen molar-refractivity contribution >= 4 is 104 Å². The van der Waals surface area contributed by atoms with Crippen molar-refractivity contribution in [2.75, 3.05) is 36.4 Å². The molecule has 1 aliphatic rings. The van der Waals surface area contributed by atoms with E-state index in [0.717, 1.165) is 16.5 Å². The number of carbonyl (C=O) groups excluding carboxylic acids is 8. The van der Waals surface area contributed by atoms with Gasteiger partial charge in [0.05, 0.1) is 12.4 Å². The summed E-state index contributed by atoms with van der Waals surface area (Å²) in [5, 5.41) is 16.9. The Balaban J connectivity index is 1.32. The molecule has 0 saturated carbocycles. The van der Waals surface area contributed by atoms with Crippen LogP contribution in [0.3, 0.4) is 0 Å². The van der Waals surface area contributed by atoms with Crippen molar-refractivity contribution in [2.45, 2.75) is 93.9 Å². The molecule has 25 heteroatoms. The Hall–Kier alpha value is -6.28. The van der Waals surface area contributed by atoms with E-state index >= 15 is 0 Å². The van der Waals surface area contributed by atoms with Crippen LogP contribution in [0.15, 0.2) is 85.1 Å². The highest BCUT2D eigenvalue weighted by molar-refractivity contribution is 8.01. The Morgan fingerprint density at radius 2 is 1.34 bits per heavy atom. The number of nitrogens with one attached hydrogen (secondary N) is 7. The van der Waals surface area contributed by atoms with Gasteiger partial charge in [0.25, 0.3) is 0 Å². The highest BCUT2D eigenvalue weighted by Crippen LogP contribution is 2.40. The van der Waals surface area contributed by atoms with Crippen molar-refractivity contribution in [3.63, 3.8) is 0 Å². The van der Waals surface area contributed by atoms with Crippen LogP contribution in [-0.4, -0.2) is 148 Å². The smallest absolute Gasteiger partial charge is 0.368 e. The van der Waals surface area contributed by atoms with Crippen molar-refractivity contribution in [1.29, 1.82) is 0 Å². The minimum Gasteiger partial charge on any atom is -0.368 e. The van der Waals surface area contributed by atoms with Crippen LogP contribution in [-0.2, 0) is 68.0 Å². The molecular weight excluding hydrogens is 1030 g/mol. The van der Waals surface area contributed by atoms with Crippen LogP contribution in [0.5, 0.6) is 5.75 Å². The van der Waals surface area contributed by atoms with Crippen molar-refractivity contribution in [2.24, 2.45) is 5.73 Å². The topological polar surface area (TPSA) is 317 Å². The van der Waals surface area contributed by atoms with Gasteiger partial charge in [-0.2, -0.15) is 31.9 Å². The fraction of sp³-hybridized carbons (Fsp3) is 0.429. The second kappa shape index (κ2) is 27.3. The average Bonchev–Trinajstić information content (AvgIpc) is 3.91. The SMILES string of the molecule is CSCC[C@H](NC(=O)[C@H](Cc1ccc(OS(=O)(=O)O)cc1)NC(C)=O)C(=O)NCC(=O)N[C@@H](Cc1c[nH]c2ccccc12)C(=O)N[C@@H](CCSC)C(=O)N1CSC(C)(C)[C@@H]1C(=O)N[C@@H](Cc1ccccc1)C(N)=O. The zero-order valence-corrected chi connectivity index (χ0v) is 44.8. The molecule has 0 radical (unpaired) electrons. The van der Waals surface area contributed by atoms with E-state index in [9.17, 15) is 46.8 Å². The first-order chi connectivity index (χ1) is 35.1. The summed E-state index contributed by atoms with van der Waals surface area (Å²) < 4.78 is 34.9. The van der Waals surface area contributed by atoms with E-state index in [2.05, 4.69) is 41.1 Å². The summed E-state index contributed by atoms with van der Waals surface area (Å²) in [4.78, 5) is 114. The van der Waals surface area contributed by atoms with Crippen LogP contribution in [0.4, 0.5) is 0 Å². The van der Waals surface area contributed by atoms with Gasteiger partial charge in [-0.1, -0.05) is 60.7 Å². The lowest BCUT2D eigenvalue weighted by molar-refractivity contribution is -0.143. The molecule has 10 N–H and O–H groups in total. The molecule has 1 fully saturated rings. The number of thioether (sulfide) groups is 3. The summed E-state index contributed by atoms with van der Waals surface area (Å²) in [7, 11) is -4.78. The molecule has 0 aliphatic carbocycles. The average molecular weight is 1100 g/mol. The quantitative estimate of drug-likeness (QED) is 0.0383. The number of nitrogens with zero attached hydrogens (tertiary/aromatic N) is 1. The monoisotopic (exact) mass is 1100 g/mol. The summed E-state index contributed by atoms with van der Waals surface area (Å²) >= 11 is 4.20. The maximum atomic E-state index is 14.7. The molecule has 5 rings (SSSR count). The van der Waals surface area contributed by atoms with Crippen LogP contribution in [0.1, 0.15) is 50.3 Å².